The van der Waals surface area contributed by atoms with Crippen LogP contribution in [0.2, 0.25) is 0 Å². The molecule has 16 heavy (non-hydrogen) atoms. The average molecular weight is 238 g/mol. The molecule has 0 aromatic carbocycles. The van der Waals surface area contributed by atoms with E-state index in [9.17, 15) is 4.79 Å². The normalized spacial score (nSPS) is 19.9. The lowest BCUT2D eigenvalue weighted by Gasteiger charge is -2.12. The molecule has 5 heteroatoms. The van der Waals surface area contributed by atoms with Gasteiger partial charge in [-0.05, 0) is 25.0 Å². The van der Waals surface area contributed by atoms with Crippen LogP contribution in [0.25, 0.3) is 0 Å². The smallest absolute Gasteiger partial charge is 0.260 e. The Morgan fingerprint density at radius 3 is 3.12 bits per heavy atom. The van der Waals surface area contributed by atoms with Gasteiger partial charge in [0.2, 0.25) is 0 Å². The fourth-order valence-corrected chi connectivity index (χ4v) is 2.03. The summed E-state index contributed by atoms with van der Waals surface area (Å²) in [5.41, 5.74) is 5.74. The number of ether oxygens (including phenoxy) is 1. The van der Waals surface area contributed by atoms with Crippen LogP contribution >= 0.6 is 12.2 Å². The lowest BCUT2D eigenvalue weighted by atomic mass is 10.2. The third-order valence-corrected chi connectivity index (χ3v) is 2.93. The predicted octanol–water partition coefficient (Wildman–Crippen LogP) is 0.661. The minimum atomic E-state index is -0.134. The minimum absolute atomic E-state index is 0.134. The second-order valence-corrected chi connectivity index (χ2v) is 4.32. The van der Waals surface area contributed by atoms with Gasteiger partial charge in [-0.1, -0.05) is 12.2 Å². The first-order valence-corrected chi connectivity index (χ1v) is 5.70. The summed E-state index contributed by atoms with van der Waals surface area (Å²) in [5.74, 6) is 0. The van der Waals surface area contributed by atoms with Gasteiger partial charge in [0.05, 0.1) is 18.2 Å². The molecule has 1 saturated heterocycles. The Hall–Kier alpha value is -1.20. The molecule has 0 amide bonds. The largest absolute Gasteiger partial charge is 0.389 e. The lowest BCUT2D eigenvalue weighted by Crippen LogP contribution is -2.31. The van der Waals surface area contributed by atoms with E-state index in [1.807, 2.05) is 0 Å². The molecule has 0 bridgehead atoms. The van der Waals surface area contributed by atoms with Crippen LogP contribution in [0.1, 0.15) is 18.4 Å². The molecule has 2 heterocycles. The summed E-state index contributed by atoms with van der Waals surface area (Å²) in [6, 6.07) is 3.43. The van der Waals surface area contributed by atoms with Crippen LogP contribution in [0.5, 0.6) is 0 Å². The first-order chi connectivity index (χ1) is 7.68. The number of aromatic nitrogens is 1. The highest BCUT2D eigenvalue weighted by Crippen LogP contribution is 2.13. The first kappa shape index (κ1) is 11.3. The third-order valence-electron chi connectivity index (χ3n) is 2.71. The van der Waals surface area contributed by atoms with Crippen molar-refractivity contribution in [1.29, 1.82) is 0 Å². The van der Waals surface area contributed by atoms with Crippen molar-refractivity contribution in [1.82, 2.24) is 4.57 Å². The van der Waals surface area contributed by atoms with Gasteiger partial charge in [0, 0.05) is 12.8 Å². The molecule has 1 aromatic heterocycles. The zero-order chi connectivity index (χ0) is 11.5. The van der Waals surface area contributed by atoms with E-state index in [2.05, 4.69) is 0 Å². The summed E-state index contributed by atoms with van der Waals surface area (Å²) in [5, 5.41) is 0. The second-order valence-electron chi connectivity index (χ2n) is 3.88. The number of rotatable bonds is 3. The molecule has 0 radical (unpaired) electrons. The highest BCUT2D eigenvalue weighted by atomic mass is 32.1. The molecule has 86 valence electrons. The van der Waals surface area contributed by atoms with E-state index in [-0.39, 0.29) is 16.7 Å². The van der Waals surface area contributed by atoms with Gasteiger partial charge in [-0.3, -0.25) is 4.79 Å². The number of hydrogen-bond acceptors (Lipinski definition) is 3. The molecule has 1 aromatic rings. The molecule has 0 aliphatic carbocycles. The molecule has 2 rings (SSSR count). The van der Waals surface area contributed by atoms with Crippen molar-refractivity contribution >= 4 is 17.2 Å². The van der Waals surface area contributed by atoms with Crippen LogP contribution in [0.15, 0.2) is 23.1 Å². The number of nitrogens with two attached hydrogens (primary N) is 1. The highest BCUT2D eigenvalue weighted by Gasteiger charge is 2.17. The second kappa shape index (κ2) is 4.76. The molecule has 1 aliphatic heterocycles. The maximum atomic E-state index is 11.9. The van der Waals surface area contributed by atoms with Crippen molar-refractivity contribution in [2.24, 2.45) is 5.73 Å². The van der Waals surface area contributed by atoms with E-state index in [1.54, 1.807) is 22.9 Å². The Morgan fingerprint density at radius 2 is 2.50 bits per heavy atom. The molecule has 1 aliphatic rings. The van der Waals surface area contributed by atoms with Crippen molar-refractivity contribution < 1.29 is 4.74 Å². The van der Waals surface area contributed by atoms with E-state index in [1.165, 1.54) is 0 Å². The maximum Gasteiger partial charge on any atom is 0.260 e. The summed E-state index contributed by atoms with van der Waals surface area (Å²) < 4.78 is 7.10. The Morgan fingerprint density at radius 1 is 1.69 bits per heavy atom. The van der Waals surface area contributed by atoms with E-state index in [4.69, 9.17) is 22.7 Å². The van der Waals surface area contributed by atoms with Gasteiger partial charge >= 0.3 is 0 Å². The molecular formula is C11H14N2O2S. The number of thiocarbonyl (C=S) groups is 1. The zero-order valence-corrected chi connectivity index (χ0v) is 9.70. The van der Waals surface area contributed by atoms with Gasteiger partial charge in [-0.25, -0.2) is 0 Å². The van der Waals surface area contributed by atoms with Gasteiger partial charge in [-0.2, -0.15) is 0 Å². The molecule has 1 atom stereocenters. The number of nitrogens with zero attached hydrogens (tertiary/aromatic N) is 1. The van der Waals surface area contributed by atoms with Crippen molar-refractivity contribution in [3.8, 4) is 0 Å². The monoisotopic (exact) mass is 238 g/mol. The maximum absolute atomic E-state index is 11.9. The molecule has 1 fully saturated rings. The van der Waals surface area contributed by atoms with E-state index < -0.39 is 0 Å². The Balaban J connectivity index is 2.24. The third kappa shape index (κ3) is 2.31. The summed E-state index contributed by atoms with van der Waals surface area (Å²) in [7, 11) is 0. The number of hydrogen-bond donors (Lipinski definition) is 1. The fraction of sp³-hybridized carbons (Fsp3) is 0.455. The van der Waals surface area contributed by atoms with E-state index in [0.29, 0.717) is 12.1 Å². The summed E-state index contributed by atoms with van der Waals surface area (Å²) >= 11 is 4.83. The Bertz CT molecular complexity index is 450. The molecule has 0 saturated carbocycles. The molecular weight excluding hydrogens is 224 g/mol. The van der Waals surface area contributed by atoms with Gasteiger partial charge < -0.3 is 15.0 Å². The van der Waals surface area contributed by atoms with Crippen molar-refractivity contribution in [3.05, 3.63) is 34.2 Å². The summed E-state index contributed by atoms with van der Waals surface area (Å²) in [6.07, 6.45) is 3.95. The van der Waals surface area contributed by atoms with E-state index >= 15 is 0 Å². The molecule has 2 N–H and O–H groups in total. The molecule has 0 spiro atoms. The zero-order valence-electron chi connectivity index (χ0n) is 8.89. The summed E-state index contributed by atoms with van der Waals surface area (Å²) in [6.45, 7) is 1.36. The van der Waals surface area contributed by atoms with Gasteiger partial charge in [0.15, 0.2) is 0 Å². The van der Waals surface area contributed by atoms with Crippen molar-refractivity contribution in [2.45, 2.75) is 25.5 Å². The first-order valence-electron chi connectivity index (χ1n) is 5.29. The van der Waals surface area contributed by atoms with Gasteiger partial charge in [0.25, 0.3) is 5.56 Å². The van der Waals surface area contributed by atoms with Crippen LogP contribution in [-0.4, -0.2) is 22.3 Å². The van der Waals surface area contributed by atoms with Crippen molar-refractivity contribution in [2.75, 3.05) is 6.61 Å². The lowest BCUT2D eigenvalue weighted by molar-refractivity contribution is 0.0961. The quantitative estimate of drug-likeness (QED) is 0.786. The number of pyridine rings is 1. The molecule has 4 nitrogen and oxygen atoms in total. The summed E-state index contributed by atoms with van der Waals surface area (Å²) in [4.78, 5) is 12.1. The van der Waals surface area contributed by atoms with Crippen molar-refractivity contribution in [3.63, 3.8) is 0 Å². The fourth-order valence-electron chi connectivity index (χ4n) is 1.88. The average Bonchev–Trinajstić information content (AvgIpc) is 2.73. The van der Waals surface area contributed by atoms with Crippen LogP contribution in [-0.2, 0) is 11.3 Å². The predicted molar refractivity (Wildman–Crippen MR) is 65.6 cm³/mol. The highest BCUT2D eigenvalue weighted by molar-refractivity contribution is 7.80. The van der Waals surface area contributed by atoms with Crippen LogP contribution < -0.4 is 11.3 Å². The Kier molecular flexibility index (Phi) is 3.36. The van der Waals surface area contributed by atoms with E-state index in [0.717, 1.165) is 19.4 Å². The SMILES string of the molecule is NC(=S)c1cccn(CC2CCCO2)c1=O. The topological polar surface area (TPSA) is 57.2 Å². The standard InChI is InChI=1S/C11H14N2O2S/c12-10(16)9-4-1-5-13(11(9)14)7-8-3-2-6-15-8/h1,4-5,8H,2-3,6-7H2,(H2,12,16). The van der Waals surface area contributed by atoms with Crippen LogP contribution in [0, 0.1) is 0 Å². The molecule has 1 unspecified atom stereocenters. The Labute approximate surface area is 99.0 Å². The van der Waals surface area contributed by atoms with Gasteiger partial charge in [0.1, 0.15) is 4.99 Å². The van der Waals surface area contributed by atoms with Crippen LogP contribution in [0.3, 0.4) is 0 Å². The minimum Gasteiger partial charge on any atom is -0.389 e. The van der Waals surface area contributed by atoms with Gasteiger partial charge in [-0.15, -0.1) is 0 Å². The van der Waals surface area contributed by atoms with Crippen LogP contribution in [0.4, 0.5) is 0 Å².